The highest BCUT2D eigenvalue weighted by Crippen LogP contribution is 2.35. The lowest BCUT2D eigenvalue weighted by atomic mass is 10.1. The van der Waals surface area contributed by atoms with Crippen molar-refractivity contribution in [3.05, 3.63) is 85.5 Å². The number of nitrogens with zero attached hydrogens (tertiary/aromatic N) is 2. The van der Waals surface area contributed by atoms with Gasteiger partial charge in [-0.15, -0.1) is 11.8 Å². The highest BCUT2D eigenvalue weighted by Gasteiger charge is 2.34. The number of aliphatic carboxylic acids is 1. The number of rotatable bonds is 4. The van der Waals surface area contributed by atoms with Gasteiger partial charge in [0.05, 0.1) is 27.2 Å². The second-order valence-corrected chi connectivity index (χ2v) is 8.32. The summed E-state index contributed by atoms with van der Waals surface area (Å²) in [5, 5.41) is 9.74. The maximum atomic E-state index is 13.1. The number of carbonyl (C=O) groups excluding carboxylic acids is 1. The van der Waals surface area contributed by atoms with Gasteiger partial charge in [-0.2, -0.15) is 0 Å². The van der Waals surface area contributed by atoms with Gasteiger partial charge in [-0.1, -0.05) is 29.8 Å². The van der Waals surface area contributed by atoms with Crippen molar-refractivity contribution >= 4 is 40.9 Å². The van der Waals surface area contributed by atoms with Crippen LogP contribution in [0.5, 0.6) is 0 Å². The molecular formula is C21H16ClN3O5S. The topological polar surface area (TPSA) is 112 Å². The maximum Gasteiger partial charge on any atom is 0.333 e. The largest absolute Gasteiger partial charge is 0.481 e. The Morgan fingerprint density at radius 2 is 1.90 bits per heavy atom. The second-order valence-electron chi connectivity index (χ2n) is 6.88. The number of thioether (sulfide) groups is 1. The van der Waals surface area contributed by atoms with E-state index in [4.69, 9.17) is 11.6 Å². The van der Waals surface area contributed by atoms with Crippen LogP contribution in [0.25, 0.3) is 5.69 Å². The lowest BCUT2D eigenvalue weighted by molar-refractivity contribution is -0.138. The van der Waals surface area contributed by atoms with E-state index in [1.165, 1.54) is 23.1 Å². The summed E-state index contributed by atoms with van der Waals surface area (Å²) in [5.74, 6) is -2.41. The fraction of sp³-hybridized carbons (Fsp3) is 0.143. The van der Waals surface area contributed by atoms with E-state index >= 15 is 0 Å². The number of H-pyrrole nitrogens is 1. The van der Waals surface area contributed by atoms with Crippen molar-refractivity contribution in [2.24, 2.45) is 0 Å². The van der Waals surface area contributed by atoms with Crippen molar-refractivity contribution in [2.75, 3.05) is 17.7 Å². The number of carboxylic acids is 1. The van der Waals surface area contributed by atoms with Gasteiger partial charge in [0.15, 0.2) is 0 Å². The molecule has 3 aromatic rings. The molecule has 2 N–H and O–H groups in total. The molecule has 2 heterocycles. The zero-order valence-electron chi connectivity index (χ0n) is 16.2. The summed E-state index contributed by atoms with van der Waals surface area (Å²) in [6, 6.07) is 13.2. The Kier molecular flexibility index (Phi) is 5.47. The second kappa shape index (κ2) is 8.09. The van der Waals surface area contributed by atoms with Crippen LogP contribution in [-0.2, 0) is 4.79 Å². The van der Waals surface area contributed by atoms with Gasteiger partial charge in [0.1, 0.15) is 0 Å². The van der Waals surface area contributed by atoms with Crippen LogP contribution in [0.4, 0.5) is 5.69 Å². The SMILES string of the molecule is CN(C(=O)c1ccc(Cl)c(-n2c(=O)[nH]c3c(c2=O)C(C(=O)O)CS3)c1)c1ccccc1. The number of carboxylic acid groups (broad SMARTS) is 1. The first kappa shape index (κ1) is 21.0. The van der Waals surface area contributed by atoms with Gasteiger partial charge in [0.2, 0.25) is 0 Å². The van der Waals surface area contributed by atoms with Crippen molar-refractivity contribution in [1.29, 1.82) is 0 Å². The molecule has 2 aromatic carbocycles. The van der Waals surface area contributed by atoms with Crippen LogP contribution in [0.2, 0.25) is 5.02 Å². The van der Waals surface area contributed by atoms with Crippen molar-refractivity contribution in [3.8, 4) is 5.69 Å². The lowest BCUT2D eigenvalue weighted by Gasteiger charge is -2.18. The predicted octanol–water partition coefficient (Wildman–Crippen LogP) is 2.73. The van der Waals surface area contributed by atoms with Crippen molar-refractivity contribution in [1.82, 2.24) is 9.55 Å². The number of aromatic amines is 1. The van der Waals surface area contributed by atoms with E-state index < -0.39 is 23.1 Å². The molecule has 4 rings (SSSR count). The van der Waals surface area contributed by atoms with Crippen LogP contribution in [0.1, 0.15) is 21.8 Å². The molecule has 158 valence electrons. The summed E-state index contributed by atoms with van der Waals surface area (Å²) >= 11 is 7.37. The van der Waals surface area contributed by atoms with E-state index in [1.807, 2.05) is 6.07 Å². The van der Waals surface area contributed by atoms with Crippen LogP contribution in [-0.4, -0.2) is 39.3 Å². The average Bonchev–Trinajstić information content (AvgIpc) is 3.19. The first-order valence-corrected chi connectivity index (χ1v) is 10.5. The van der Waals surface area contributed by atoms with Gasteiger partial charge < -0.3 is 15.0 Å². The molecule has 0 saturated carbocycles. The first-order chi connectivity index (χ1) is 14.8. The number of halogens is 1. The molecule has 0 spiro atoms. The Morgan fingerprint density at radius 3 is 2.58 bits per heavy atom. The third kappa shape index (κ3) is 3.66. The van der Waals surface area contributed by atoms with Gasteiger partial charge >= 0.3 is 11.7 Å². The molecular weight excluding hydrogens is 442 g/mol. The number of para-hydroxylation sites is 1. The van der Waals surface area contributed by atoms with Crippen molar-refractivity contribution in [3.63, 3.8) is 0 Å². The normalized spacial score (nSPS) is 14.8. The zero-order chi connectivity index (χ0) is 22.3. The molecule has 1 amide bonds. The highest BCUT2D eigenvalue weighted by atomic mass is 35.5. The van der Waals surface area contributed by atoms with Gasteiger partial charge in [-0.05, 0) is 30.3 Å². The number of nitrogens with one attached hydrogen (secondary N) is 1. The molecule has 0 radical (unpaired) electrons. The monoisotopic (exact) mass is 457 g/mol. The number of anilines is 1. The minimum absolute atomic E-state index is 0.00377. The molecule has 1 aliphatic rings. The van der Waals surface area contributed by atoms with E-state index in [0.29, 0.717) is 5.69 Å². The predicted molar refractivity (Wildman–Crippen MR) is 118 cm³/mol. The molecule has 8 nitrogen and oxygen atoms in total. The number of aromatic nitrogens is 2. The van der Waals surface area contributed by atoms with Crippen LogP contribution >= 0.6 is 23.4 Å². The lowest BCUT2D eigenvalue weighted by Crippen LogP contribution is -2.37. The Bertz CT molecular complexity index is 1320. The standard InChI is InChI=1S/C21H16ClN3O5S/c1-24(12-5-3-2-4-6-12)18(26)11-7-8-14(22)15(9-11)25-19(27)16-13(20(28)29)10-31-17(16)23-21(25)30/h2-9,13H,10H2,1H3,(H,23,30)(H,28,29). The minimum Gasteiger partial charge on any atom is -0.481 e. The van der Waals surface area contributed by atoms with E-state index in [-0.39, 0.29) is 38.5 Å². The molecule has 0 aliphatic carbocycles. The van der Waals surface area contributed by atoms with Gasteiger partial charge in [0, 0.05) is 24.1 Å². The molecule has 1 aromatic heterocycles. The summed E-state index contributed by atoms with van der Waals surface area (Å²) in [6.07, 6.45) is 0. The van der Waals surface area contributed by atoms with Crippen molar-refractivity contribution in [2.45, 2.75) is 10.9 Å². The average molecular weight is 458 g/mol. The third-order valence-electron chi connectivity index (χ3n) is 5.02. The Morgan fingerprint density at radius 1 is 1.19 bits per heavy atom. The summed E-state index contributed by atoms with van der Waals surface area (Å²) in [7, 11) is 1.61. The van der Waals surface area contributed by atoms with Crippen molar-refractivity contribution < 1.29 is 14.7 Å². The zero-order valence-corrected chi connectivity index (χ0v) is 17.7. The Labute approximate surface area is 185 Å². The van der Waals surface area contributed by atoms with E-state index in [0.717, 1.165) is 16.3 Å². The number of hydrogen-bond acceptors (Lipinski definition) is 5. The van der Waals surface area contributed by atoms with E-state index in [2.05, 4.69) is 4.98 Å². The molecule has 1 atom stereocenters. The maximum absolute atomic E-state index is 13.1. The molecule has 0 bridgehead atoms. The summed E-state index contributed by atoms with van der Waals surface area (Å²) in [5.41, 5.74) is -0.640. The molecule has 1 aliphatic heterocycles. The minimum atomic E-state index is -1.15. The van der Waals surface area contributed by atoms with Gasteiger partial charge in [0.25, 0.3) is 11.5 Å². The number of fused-ring (bicyclic) bond motifs is 1. The fourth-order valence-corrected chi connectivity index (χ4v) is 4.78. The summed E-state index contributed by atoms with van der Waals surface area (Å²) in [4.78, 5) is 54.3. The Hall–Kier alpha value is -3.30. The highest BCUT2D eigenvalue weighted by molar-refractivity contribution is 7.99. The quantitative estimate of drug-likeness (QED) is 0.582. The molecule has 10 heteroatoms. The Balaban J connectivity index is 1.83. The fourth-order valence-electron chi connectivity index (χ4n) is 3.39. The van der Waals surface area contributed by atoms with Crippen LogP contribution in [0.15, 0.2) is 63.1 Å². The van der Waals surface area contributed by atoms with E-state index in [1.54, 1.807) is 31.3 Å². The van der Waals surface area contributed by atoms with Gasteiger partial charge in [-0.3, -0.25) is 14.4 Å². The summed E-state index contributed by atoms with van der Waals surface area (Å²) in [6.45, 7) is 0. The van der Waals surface area contributed by atoms with Crippen LogP contribution in [0.3, 0.4) is 0 Å². The molecule has 1 unspecified atom stereocenters. The molecule has 0 saturated heterocycles. The molecule has 0 fully saturated rings. The number of benzene rings is 2. The molecule has 31 heavy (non-hydrogen) atoms. The van der Waals surface area contributed by atoms with Crippen LogP contribution < -0.4 is 16.1 Å². The number of carbonyl (C=O) groups is 2. The number of amides is 1. The van der Waals surface area contributed by atoms with E-state index in [9.17, 15) is 24.3 Å². The first-order valence-electron chi connectivity index (χ1n) is 9.17. The van der Waals surface area contributed by atoms with Gasteiger partial charge in [-0.25, -0.2) is 9.36 Å². The van der Waals surface area contributed by atoms with Crippen LogP contribution in [0, 0.1) is 0 Å². The number of hydrogen-bond donors (Lipinski definition) is 2. The third-order valence-corrected chi connectivity index (χ3v) is 6.45. The smallest absolute Gasteiger partial charge is 0.333 e. The summed E-state index contributed by atoms with van der Waals surface area (Å²) < 4.78 is 0.780.